The third kappa shape index (κ3) is 4.81. The van der Waals surface area contributed by atoms with Crippen LogP contribution in [0.1, 0.15) is 32.6 Å². The number of fused-ring (bicyclic) bond motifs is 1. The van der Waals surface area contributed by atoms with E-state index in [4.69, 9.17) is 5.73 Å². The maximum absolute atomic E-state index is 13.4. The maximum Gasteiger partial charge on any atom is 0.254 e. The van der Waals surface area contributed by atoms with E-state index < -0.39 is 27.9 Å². The summed E-state index contributed by atoms with van der Waals surface area (Å²) in [5.41, 5.74) is 9.05. The quantitative estimate of drug-likeness (QED) is 0.585. The van der Waals surface area contributed by atoms with Crippen LogP contribution < -0.4 is 10.5 Å². The smallest absolute Gasteiger partial charge is 0.254 e. The summed E-state index contributed by atoms with van der Waals surface area (Å²) >= 11 is 0. The molecule has 1 atom stereocenters. The molecular weight excluding hydrogens is 438 g/mol. The Morgan fingerprint density at radius 1 is 1.00 bits per heavy atom. The van der Waals surface area contributed by atoms with Crippen LogP contribution in [0.25, 0.3) is 0 Å². The van der Waals surface area contributed by atoms with Crippen LogP contribution in [0.4, 0.5) is 0 Å². The van der Waals surface area contributed by atoms with Gasteiger partial charge in [0.25, 0.3) is 5.91 Å². The molecule has 0 bridgehead atoms. The average molecular weight is 464 g/mol. The van der Waals surface area contributed by atoms with Crippen LogP contribution >= 0.6 is 0 Å². The third-order valence-electron chi connectivity index (χ3n) is 5.87. The fraction of sp³-hybridized carbons (Fsp3) is 0.200. The van der Waals surface area contributed by atoms with Crippen molar-refractivity contribution in [3.63, 3.8) is 0 Å². The summed E-state index contributed by atoms with van der Waals surface area (Å²) in [5, 5.41) is 0. The molecule has 7 nitrogen and oxygen atoms in total. The van der Waals surface area contributed by atoms with Crippen molar-refractivity contribution in [2.24, 2.45) is 5.73 Å². The van der Waals surface area contributed by atoms with E-state index in [1.807, 2.05) is 54.6 Å². The molecule has 2 amide bonds. The lowest BCUT2D eigenvalue weighted by molar-refractivity contribution is -0.122. The second-order valence-corrected chi connectivity index (χ2v) is 9.85. The van der Waals surface area contributed by atoms with E-state index in [2.05, 4.69) is 4.72 Å². The number of hydrogen-bond acceptors (Lipinski definition) is 4. The minimum atomic E-state index is -3.87. The molecule has 1 heterocycles. The molecule has 4 rings (SSSR count). The molecule has 0 aromatic heterocycles. The van der Waals surface area contributed by atoms with Gasteiger partial charge in [0.2, 0.25) is 15.9 Å². The van der Waals surface area contributed by atoms with Gasteiger partial charge in [-0.1, -0.05) is 60.7 Å². The molecular formula is C25H25N3O4S. The molecule has 33 heavy (non-hydrogen) atoms. The first-order valence-electron chi connectivity index (χ1n) is 10.6. The summed E-state index contributed by atoms with van der Waals surface area (Å²) in [6.07, 6.45) is 0.326. The first kappa shape index (κ1) is 22.7. The van der Waals surface area contributed by atoms with Gasteiger partial charge in [0.15, 0.2) is 0 Å². The number of nitrogens with two attached hydrogens (primary N) is 1. The van der Waals surface area contributed by atoms with Crippen molar-refractivity contribution in [3.05, 3.63) is 101 Å². The highest BCUT2D eigenvalue weighted by molar-refractivity contribution is 7.89. The zero-order chi connectivity index (χ0) is 23.6. The van der Waals surface area contributed by atoms with Crippen molar-refractivity contribution < 1.29 is 18.0 Å². The highest BCUT2D eigenvalue weighted by Crippen LogP contribution is 2.26. The molecule has 8 heteroatoms. The van der Waals surface area contributed by atoms with Crippen LogP contribution in [0.2, 0.25) is 0 Å². The highest BCUT2D eigenvalue weighted by Gasteiger charge is 2.34. The fourth-order valence-electron chi connectivity index (χ4n) is 4.03. The monoisotopic (exact) mass is 463 g/mol. The van der Waals surface area contributed by atoms with Crippen molar-refractivity contribution in [3.8, 4) is 0 Å². The number of aryl methyl sites for hydroxylation is 1. The number of nitrogens with zero attached hydrogens (tertiary/aromatic N) is 1. The van der Waals surface area contributed by atoms with Gasteiger partial charge >= 0.3 is 0 Å². The van der Waals surface area contributed by atoms with Crippen LogP contribution in [0.5, 0.6) is 0 Å². The summed E-state index contributed by atoms with van der Waals surface area (Å²) in [7, 11) is -3.87. The summed E-state index contributed by atoms with van der Waals surface area (Å²) in [6.45, 7) is 2.03. The topological polar surface area (TPSA) is 110 Å². The molecule has 3 N–H and O–H groups in total. The van der Waals surface area contributed by atoms with Crippen molar-refractivity contribution in [1.82, 2.24) is 9.62 Å². The van der Waals surface area contributed by atoms with Crippen LogP contribution in [0.3, 0.4) is 0 Å². The maximum atomic E-state index is 13.4. The Labute approximate surface area is 193 Å². The number of benzene rings is 3. The Hall–Kier alpha value is -3.49. The van der Waals surface area contributed by atoms with Gasteiger partial charge in [0.1, 0.15) is 6.04 Å². The predicted octanol–water partition coefficient (Wildman–Crippen LogP) is 2.53. The standard InChI is InChI=1S/C25H25N3O4S/c1-17-11-12-20(14-23(17)33(31,32)27-15-18-7-3-2-4-8-18)25(30)28-16-21-10-6-5-9-19(21)13-22(28)24(26)29/h2-12,14,22,27H,13,15-16H2,1H3,(H2,26,29)/t22-/m1/s1. The minimum Gasteiger partial charge on any atom is -0.368 e. The largest absolute Gasteiger partial charge is 0.368 e. The zero-order valence-electron chi connectivity index (χ0n) is 18.2. The van der Waals surface area contributed by atoms with E-state index in [1.54, 1.807) is 19.1 Å². The van der Waals surface area contributed by atoms with Crippen LogP contribution in [-0.2, 0) is 34.3 Å². The zero-order valence-corrected chi connectivity index (χ0v) is 19.0. The molecule has 1 aliphatic heterocycles. The predicted molar refractivity (Wildman–Crippen MR) is 125 cm³/mol. The Kier molecular flexibility index (Phi) is 6.31. The normalized spacial score (nSPS) is 15.7. The number of carbonyl (C=O) groups is 2. The SMILES string of the molecule is Cc1ccc(C(=O)N2Cc3ccccc3C[C@@H]2C(N)=O)cc1S(=O)(=O)NCc1ccccc1. The van der Waals surface area contributed by atoms with Gasteiger partial charge in [0, 0.05) is 25.1 Å². The van der Waals surface area contributed by atoms with E-state index in [-0.39, 0.29) is 23.5 Å². The lowest BCUT2D eigenvalue weighted by Gasteiger charge is -2.35. The number of nitrogens with one attached hydrogen (secondary N) is 1. The van der Waals surface area contributed by atoms with Crippen molar-refractivity contribution in [1.29, 1.82) is 0 Å². The van der Waals surface area contributed by atoms with Gasteiger partial charge in [-0.05, 0) is 41.3 Å². The van der Waals surface area contributed by atoms with Crippen molar-refractivity contribution in [2.75, 3.05) is 0 Å². The molecule has 0 unspecified atom stereocenters. The third-order valence-corrected chi connectivity index (χ3v) is 7.41. The molecule has 1 aliphatic rings. The number of rotatable bonds is 6. The molecule has 0 radical (unpaired) electrons. The lowest BCUT2D eigenvalue weighted by Crippen LogP contribution is -2.51. The van der Waals surface area contributed by atoms with Gasteiger partial charge in [-0.2, -0.15) is 0 Å². The Morgan fingerprint density at radius 2 is 1.67 bits per heavy atom. The summed E-state index contributed by atoms with van der Waals surface area (Å²) in [5.74, 6) is -1.03. The van der Waals surface area contributed by atoms with Gasteiger partial charge in [-0.25, -0.2) is 13.1 Å². The Morgan fingerprint density at radius 3 is 2.36 bits per heavy atom. The van der Waals surface area contributed by atoms with Gasteiger partial charge in [-0.15, -0.1) is 0 Å². The number of sulfonamides is 1. The van der Waals surface area contributed by atoms with Gasteiger partial charge in [0.05, 0.1) is 4.90 Å². The Bertz CT molecular complexity index is 1310. The van der Waals surface area contributed by atoms with E-state index in [0.717, 1.165) is 16.7 Å². The van der Waals surface area contributed by atoms with E-state index in [1.165, 1.54) is 11.0 Å². The fourth-order valence-corrected chi connectivity index (χ4v) is 5.32. The lowest BCUT2D eigenvalue weighted by atomic mass is 9.93. The second kappa shape index (κ2) is 9.17. The van der Waals surface area contributed by atoms with Crippen molar-refractivity contribution >= 4 is 21.8 Å². The molecule has 3 aromatic carbocycles. The van der Waals surface area contributed by atoms with Crippen molar-refractivity contribution in [2.45, 2.75) is 37.4 Å². The Balaban J connectivity index is 1.62. The average Bonchev–Trinajstić information content (AvgIpc) is 2.82. The van der Waals surface area contributed by atoms with Gasteiger partial charge < -0.3 is 10.6 Å². The summed E-state index contributed by atoms with van der Waals surface area (Å²) < 4.78 is 28.6. The number of hydrogen-bond donors (Lipinski definition) is 2. The molecule has 0 aliphatic carbocycles. The minimum absolute atomic E-state index is 0.0253. The molecule has 0 spiro atoms. The van der Waals surface area contributed by atoms with E-state index in [9.17, 15) is 18.0 Å². The molecule has 0 saturated carbocycles. The molecule has 3 aromatic rings. The van der Waals surface area contributed by atoms with E-state index in [0.29, 0.717) is 12.0 Å². The molecule has 170 valence electrons. The van der Waals surface area contributed by atoms with E-state index >= 15 is 0 Å². The van der Waals surface area contributed by atoms with Gasteiger partial charge in [-0.3, -0.25) is 9.59 Å². The van der Waals surface area contributed by atoms with Crippen LogP contribution in [0, 0.1) is 6.92 Å². The first-order chi connectivity index (χ1) is 15.8. The molecule has 0 saturated heterocycles. The van der Waals surface area contributed by atoms with Crippen LogP contribution in [0.15, 0.2) is 77.7 Å². The summed E-state index contributed by atoms with van der Waals surface area (Å²) in [4.78, 5) is 27.0. The number of amides is 2. The van der Waals surface area contributed by atoms with Crippen LogP contribution in [-0.4, -0.2) is 31.2 Å². The second-order valence-electron chi connectivity index (χ2n) is 8.11. The summed E-state index contributed by atoms with van der Waals surface area (Å²) in [6, 6.07) is 20.5. The number of carbonyl (C=O) groups excluding carboxylic acids is 2. The number of primary amides is 1. The first-order valence-corrected chi connectivity index (χ1v) is 12.1. The molecule has 0 fully saturated rings. The highest BCUT2D eigenvalue weighted by atomic mass is 32.2.